The lowest BCUT2D eigenvalue weighted by atomic mass is 10.0. The summed E-state index contributed by atoms with van der Waals surface area (Å²) in [6, 6.07) is 4.71. The van der Waals surface area contributed by atoms with Gasteiger partial charge in [-0.1, -0.05) is 6.07 Å². The number of nitrogens with zero attached hydrogens (tertiary/aromatic N) is 1. The van der Waals surface area contributed by atoms with Gasteiger partial charge in [0, 0.05) is 19.6 Å². The molecule has 1 N–H and O–H groups in total. The van der Waals surface area contributed by atoms with E-state index in [4.69, 9.17) is 14.2 Å². The van der Waals surface area contributed by atoms with E-state index in [1.165, 1.54) is 14.2 Å². The number of ether oxygens (including phenoxy) is 3. The zero-order valence-electron chi connectivity index (χ0n) is 14.1. The summed E-state index contributed by atoms with van der Waals surface area (Å²) in [6.45, 7) is 1.91. The van der Waals surface area contributed by atoms with Gasteiger partial charge in [-0.15, -0.1) is 0 Å². The molecule has 1 fully saturated rings. The van der Waals surface area contributed by atoms with E-state index in [1.54, 1.807) is 18.2 Å². The second-order valence-electron chi connectivity index (χ2n) is 5.49. The van der Waals surface area contributed by atoms with Gasteiger partial charge < -0.3 is 19.5 Å². The van der Waals surface area contributed by atoms with Crippen molar-refractivity contribution in [1.29, 1.82) is 0 Å². The molecular weight excluding hydrogens is 341 g/mol. The Morgan fingerprint density at radius 3 is 2.44 bits per heavy atom. The number of alkyl halides is 3. The number of hydrogen-bond acceptors (Lipinski definition) is 5. The Morgan fingerprint density at radius 1 is 1.24 bits per heavy atom. The lowest BCUT2D eigenvalue weighted by Gasteiger charge is -2.35. The molecule has 140 valence electrons. The normalized spacial score (nSPS) is 17.0. The molecule has 1 aromatic rings. The van der Waals surface area contributed by atoms with Crippen LogP contribution in [0.15, 0.2) is 18.2 Å². The van der Waals surface area contributed by atoms with Gasteiger partial charge in [-0.2, -0.15) is 13.2 Å². The number of carbonyl (C=O) groups is 1. The predicted octanol–water partition coefficient (Wildman–Crippen LogP) is 1.76. The van der Waals surface area contributed by atoms with E-state index in [9.17, 15) is 18.0 Å². The molecule has 0 bridgehead atoms. The topological polar surface area (TPSA) is 60.0 Å². The lowest BCUT2D eigenvalue weighted by molar-refractivity contribution is -0.173. The van der Waals surface area contributed by atoms with Crippen molar-refractivity contribution in [3.05, 3.63) is 23.8 Å². The van der Waals surface area contributed by atoms with Crippen LogP contribution in [-0.4, -0.2) is 64.1 Å². The number of benzene rings is 1. The smallest absolute Gasteiger partial charge is 0.471 e. The molecule has 1 saturated heterocycles. The second-order valence-corrected chi connectivity index (χ2v) is 5.49. The Hall–Kier alpha value is -2.00. The minimum absolute atomic E-state index is 0.173. The number of rotatable bonds is 6. The molecule has 6 nitrogen and oxygen atoms in total. The molecule has 0 radical (unpaired) electrons. The summed E-state index contributed by atoms with van der Waals surface area (Å²) in [7, 11) is 2.98. The zero-order chi connectivity index (χ0) is 18.4. The van der Waals surface area contributed by atoms with Gasteiger partial charge in [0.15, 0.2) is 11.5 Å². The molecule has 1 aromatic carbocycles. The first-order valence-electron chi connectivity index (χ1n) is 7.75. The van der Waals surface area contributed by atoms with Crippen molar-refractivity contribution < 1.29 is 32.2 Å². The maximum atomic E-state index is 12.5. The quantitative estimate of drug-likeness (QED) is 0.836. The fourth-order valence-corrected chi connectivity index (χ4v) is 2.70. The van der Waals surface area contributed by atoms with E-state index in [0.717, 1.165) is 5.56 Å². The van der Waals surface area contributed by atoms with Gasteiger partial charge >= 0.3 is 12.1 Å². The summed E-state index contributed by atoms with van der Waals surface area (Å²) >= 11 is 0. The molecule has 25 heavy (non-hydrogen) atoms. The number of nitrogens with one attached hydrogen (secondary N) is 1. The van der Waals surface area contributed by atoms with Crippen LogP contribution in [0.2, 0.25) is 0 Å². The third-order valence-electron chi connectivity index (χ3n) is 3.99. The Bertz CT molecular complexity index is 589. The standard InChI is InChI=1S/C16H21F3N2O4/c1-23-13-4-3-11(9-14(13)24-2)12(21-5-7-25-8-6-21)10-20-15(22)16(17,18)19/h3-4,9,12H,5-8,10H2,1-2H3,(H,20,22). The van der Waals surface area contributed by atoms with Crippen LogP contribution in [0.1, 0.15) is 11.6 Å². The number of amides is 1. The molecular formula is C16H21F3N2O4. The SMILES string of the molecule is COc1ccc(C(CNC(=O)C(F)(F)F)N2CCOCC2)cc1OC. The molecule has 1 amide bonds. The highest BCUT2D eigenvalue weighted by Gasteiger charge is 2.39. The number of methoxy groups -OCH3 is 2. The predicted molar refractivity (Wildman–Crippen MR) is 83.7 cm³/mol. The fourth-order valence-electron chi connectivity index (χ4n) is 2.70. The van der Waals surface area contributed by atoms with Crippen molar-refractivity contribution >= 4 is 5.91 Å². The van der Waals surface area contributed by atoms with Gasteiger partial charge in [-0.05, 0) is 17.7 Å². The molecule has 1 unspecified atom stereocenters. The van der Waals surface area contributed by atoms with E-state index >= 15 is 0 Å². The van der Waals surface area contributed by atoms with Crippen LogP contribution in [-0.2, 0) is 9.53 Å². The van der Waals surface area contributed by atoms with Crippen LogP contribution in [0, 0.1) is 0 Å². The Morgan fingerprint density at radius 2 is 1.88 bits per heavy atom. The maximum absolute atomic E-state index is 12.5. The van der Waals surface area contributed by atoms with Crippen LogP contribution in [0.3, 0.4) is 0 Å². The average molecular weight is 362 g/mol. The van der Waals surface area contributed by atoms with Gasteiger partial charge in [0.05, 0.1) is 33.5 Å². The third kappa shape index (κ3) is 4.99. The van der Waals surface area contributed by atoms with Crippen molar-refractivity contribution in [1.82, 2.24) is 10.2 Å². The maximum Gasteiger partial charge on any atom is 0.471 e. The zero-order valence-corrected chi connectivity index (χ0v) is 14.1. The average Bonchev–Trinajstić information content (AvgIpc) is 2.61. The van der Waals surface area contributed by atoms with Gasteiger partial charge in [0.1, 0.15) is 0 Å². The van der Waals surface area contributed by atoms with Crippen molar-refractivity contribution in [2.24, 2.45) is 0 Å². The summed E-state index contributed by atoms with van der Waals surface area (Å²) in [6.07, 6.45) is -4.91. The second kappa shape index (κ2) is 8.39. The molecule has 1 atom stereocenters. The summed E-state index contributed by atoms with van der Waals surface area (Å²) < 4.78 is 53.2. The molecule has 2 rings (SSSR count). The highest BCUT2D eigenvalue weighted by molar-refractivity contribution is 5.81. The number of halogens is 3. The van der Waals surface area contributed by atoms with E-state index < -0.39 is 18.1 Å². The lowest BCUT2D eigenvalue weighted by Crippen LogP contribution is -2.46. The van der Waals surface area contributed by atoms with Crippen molar-refractivity contribution in [3.8, 4) is 11.5 Å². The van der Waals surface area contributed by atoms with Crippen molar-refractivity contribution in [2.45, 2.75) is 12.2 Å². The fraction of sp³-hybridized carbons (Fsp3) is 0.562. The minimum atomic E-state index is -4.91. The highest BCUT2D eigenvalue weighted by Crippen LogP contribution is 2.32. The van der Waals surface area contributed by atoms with Crippen LogP contribution in [0.25, 0.3) is 0 Å². The van der Waals surface area contributed by atoms with Gasteiger partial charge in [-0.25, -0.2) is 0 Å². The first-order chi connectivity index (χ1) is 11.9. The number of hydrogen-bond donors (Lipinski definition) is 1. The van der Waals surface area contributed by atoms with Gasteiger partial charge in [-0.3, -0.25) is 9.69 Å². The number of carbonyl (C=O) groups excluding carboxylic acids is 1. The Balaban J connectivity index is 2.23. The van der Waals surface area contributed by atoms with E-state index in [1.807, 2.05) is 10.2 Å². The van der Waals surface area contributed by atoms with E-state index in [2.05, 4.69) is 0 Å². The van der Waals surface area contributed by atoms with Crippen molar-refractivity contribution in [3.63, 3.8) is 0 Å². The van der Waals surface area contributed by atoms with E-state index in [0.29, 0.717) is 37.8 Å². The van der Waals surface area contributed by atoms with Gasteiger partial charge in [0.2, 0.25) is 0 Å². The third-order valence-corrected chi connectivity index (χ3v) is 3.99. The summed E-state index contributed by atoms with van der Waals surface area (Å²) in [5.74, 6) is -0.960. The molecule has 0 aromatic heterocycles. The first-order valence-corrected chi connectivity index (χ1v) is 7.75. The first kappa shape index (κ1) is 19.3. The van der Waals surface area contributed by atoms with Crippen LogP contribution < -0.4 is 14.8 Å². The Labute approximate surface area is 143 Å². The summed E-state index contributed by atoms with van der Waals surface area (Å²) in [4.78, 5) is 13.2. The van der Waals surface area contributed by atoms with Crippen LogP contribution in [0.4, 0.5) is 13.2 Å². The summed E-state index contributed by atoms with van der Waals surface area (Å²) in [5.41, 5.74) is 0.724. The largest absolute Gasteiger partial charge is 0.493 e. The molecule has 1 aliphatic heterocycles. The van der Waals surface area contributed by atoms with Crippen molar-refractivity contribution in [2.75, 3.05) is 47.1 Å². The molecule has 0 aliphatic carbocycles. The number of morpholine rings is 1. The monoisotopic (exact) mass is 362 g/mol. The van der Waals surface area contributed by atoms with Crippen LogP contribution in [0.5, 0.6) is 11.5 Å². The van der Waals surface area contributed by atoms with Crippen LogP contribution >= 0.6 is 0 Å². The molecule has 1 heterocycles. The minimum Gasteiger partial charge on any atom is -0.493 e. The molecule has 0 spiro atoms. The highest BCUT2D eigenvalue weighted by atomic mass is 19.4. The Kier molecular flexibility index (Phi) is 6.49. The molecule has 1 aliphatic rings. The van der Waals surface area contributed by atoms with E-state index in [-0.39, 0.29) is 6.54 Å². The molecule has 0 saturated carbocycles. The van der Waals surface area contributed by atoms with Gasteiger partial charge in [0.25, 0.3) is 0 Å². The molecule has 9 heteroatoms. The summed E-state index contributed by atoms with van der Waals surface area (Å²) in [5, 5.41) is 1.97.